The zero-order chi connectivity index (χ0) is 14.4. The molecule has 0 aliphatic heterocycles. The van der Waals surface area contributed by atoms with Crippen LogP contribution in [0, 0.1) is 12.3 Å². The first-order valence-corrected chi connectivity index (χ1v) is 7.72. The molecule has 104 valence electrons. The minimum absolute atomic E-state index is 0.0565. The largest absolute Gasteiger partial charge is 0.379 e. The van der Waals surface area contributed by atoms with Gasteiger partial charge in [0.25, 0.3) is 5.56 Å². The Bertz CT molecular complexity index is 565. The smallest absolute Gasteiger partial charge is 0.292 e. The first-order valence-electron chi connectivity index (χ1n) is 5.72. The number of nitrogens with zero attached hydrogens (tertiary/aromatic N) is 2. The standard InChI is InChI=1S/C12H16ClN3O2S/c1-4-7-16-12(17)11(10(13)8-15-16)14-6-5-9(2)19(3)18/h1,8-9,14H,5-7H2,2-3H3. The number of terminal acetylenes is 1. The van der Waals surface area contributed by atoms with Gasteiger partial charge in [-0.2, -0.15) is 5.10 Å². The van der Waals surface area contributed by atoms with Gasteiger partial charge in [0, 0.05) is 28.9 Å². The molecule has 1 rings (SSSR count). The van der Waals surface area contributed by atoms with Crippen LogP contribution in [0.1, 0.15) is 13.3 Å². The van der Waals surface area contributed by atoms with Crippen LogP contribution in [0.25, 0.3) is 0 Å². The summed E-state index contributed by atoms with van der Waals surface area (Å²) in [5, 5.41) is 7.11. The van der Waals surface area contributed by atoms with Crippen LogP contribution < -0.4 is 10.9 Å². The van der Waals surface area contributed by atoms with Crippen LogP contribution in [0.5, 0.6) is 0 Å². The third-order valence-electron chi connectivity index (χ3n) is 2.66. The molecule has 5 nitrogen and oxygen atoms in total. The molecule has 0 radical (unpaired) electrons. The number of aromatic nitrogens is 2. The molecule has 0 bridgehead atoms. The molecule has 0 aromatic carbocycles. The lowest BCUT2D eigenvalue weighted by Crippen LogP contribution is -2.27. The summed E-state index contributed by atoms with van der Waals surface area (Å²) in [6.07, 6.45) is 8.87. The molecule has 1 aromatic heterocycles. The van der Waals surface area contributed by atoms with Crippen LogP contribution in [-0.2, 0) is 17.3 Å². The summed E-state index contributed by atoms with van der Waals surface area (Å²) in [7, 11) is -0.882. The lowest BCUT2D eigenvalue weighted by atomic mass is 10.3. The van der Waals surface area contributed by atoms with Gasteiger partial charge in [0.1, 0.15) is 12.2 Å². The summed E-state index contributed by atoms with van der Waals surface area (Å²) in [5.41, 5.74) is -0.0725. The zero-order valence-corrected chi connectivity index (χ0v) is 12.4. The molecule has 0 fully saturated rings. The average molecular weight is 302 g/mol. The quantitative estimate of drug-likeness (QED) is 0.799. The third kappa shape index (κ3) is 4.37. The highest BCUT2D eigenvalue weighted by Crippen LogP contribution is 2.15. The Morgan fingerprint density at radius 3 is 2.95 bits per heavy atom. The van der Waals surface area contributed by atoms with E-state index in [1.54, 1.807) is 6.26 Å². The maximum atomic E-state index is 12.0. The molecule has 1 heterocycles. The van der Waals surface area contributed by atoms with Crippen molar-refractivity contribution in [2.75, 3.05) is 18.1 Å². The van der Waals surface area contributed by atoms with E-state index in [9.17, 15) is 9.00 Å². The zero-order valence-electron chi connectivity index (χ0n) is 10.9. The van der Waals surface area contributed by atoms with E-state index in [4.69, 9.17) is 18.0 Å². The number of rotatable bonds is 6. The van der Waals surface area contributed by atoms with Gasteiger partial charge in [-0.15, -0.1) is 6.42 Å². The highest BCUT2D eigenvalue weighted by Gasteiger charge is 2.10. The Hall–Kier alpha value is -1.32. The summed E-state index contributed by atoms with van der Waals surface area (Å²) in [6.45, 7) is 2.50. The van der Waals surface area contributed by atoms with Crippen LogP contribution in [0.2, 0.25) is 5.02 Å². The minimum Gasteiger partial charge on any atom is -0.379 e. The van der Waals surface area contributed by atoms with Gasteiger partial charge in [-0.3, -0.25) is 9.00 Å². The van der Waals surface area contributed by atoms with Gasteiger partial charge in [0.2, 0.25) is 0 Å². The SMILES string of the molecule is C#CCn1ncc(Cl)c(NCCC(C)S(C)=O)c1=O. The Kier molecular flexibility index (Phi) is 6.06. The average Bonchev–Trinajstić information content (AvgIpc) is 2.36. The summed E-state index contributed by atoms with van der Waals surface area (Å²) in [4.78, 5) is 12.0. The van der Waals surface area contributed by atoms with Crippen LogP contribution in [-0.4, -0.2) is 32.0 Å². The second kappa shape index (κ2) is 7.31. The molecule has 0 spiro atoms. The van der Waals surface area contributed by atoms with Crippen LogP contribution in [0.3, 0.4) is 0 Å². The number of nitrogens with one attached hydrogen (secondary N) is 1. The Morgan fingerprint density at radius 2 is 2.37 bits per heavy atom. The lowest BCUT2D eigenvalue weighted by Gasteiger charge is -2.11. The molecular formula is C12H16ClN3O2S. The molecule has 2 unspecified atom stereocenters. The monoisotopic (exact) mass is 301 g/mol. The van der Waals surface area contributed by atoms with E-state index in [0.29, 0.717) is 13.0 Å². The van der Waals surface area contributed by atoms with E-state index in [1.165, 1.54) is 6.20 Å². The van der Waals surface area contributed by atoms with Crippen LogP contribution >= 0.6 is 11.6 Å². The van der Waals surface area contributed by atoms with Crippen molar-refractivity contribution in [1.82, 2.24) is 9.78 Å². The number of halogens is 1. The van der Waals surface area contributed by atoms with Crippen molar-refractivity contribution in [3.8, 4) is 12.3 Å². The molecule has 19 heavy (non-hydrogen) atoms. The van der Waals surface area contributed by atoms with E-state index in [1.807, 2.05) is 6.92 Å². The summed E-state index contributed by atoms with van der Waals surface area (Å²) >= 11 is 5.93. The van der Waals surface area contributed by atoms with E-state index >= 15 is 0 Å². The van der Waals surface area contributed by atoms with Gasteiger partial charge in [-0.1, -0.05) is 24.4 Å². The van der Waals surface area contributed by atoms with Crippen LogP contribution in [0.15, 0.2) is 11.0 Å². The number of hydrogen-bond acceptors (Lipinski definition) is 4. The molecule has 0 amide bonds. The molecule has 0 saturated heterocycles. The van der Waals surface area contributed by atoms with Gasteiger partial charge in [0.05, 0.1) is 11.2 Å². The topological polar surface area (TPSA) is 64.0 Å². The summed E-state index contributed by atoms with van der Waals surface area (Å²) in [5.74, 6) is 2.35. The second-order valence-corrected chi connectivity index (χ2v) is 6.27. The molecular weight excluding hydrogens is 286 g/mol. The van der Waals surface area contributed by atoms with Crippen molar-refractivity contribution >= 4 is 28.1 Å². The van der Waals surface area contributed by atoms with Crippen molar-refractivity contribution in [2.45, 2.75) is 25.1 Å². The first kappa shape index (κ1) is 15.7. The van der Waals surface area contributed by atoms with Crippen molar-refractivity contribution in [2.24, 2.45) is 0 Å². The molecule has 0 aliphatic carbocycles. The molecule has 0 aliphatic rings. The second-order valence-electron chi connectivity index (χ2n) is 4.06. The molecule has 1 aromatic rings. The van der Waals surface area contributed by atoms with Gasteiger partial charge < -0.3 is 5.32 Å². The van der Waals surface area contributed by atoms with E-state index in [0.717, 1.165) is 4.68 Å². The van der Waals surface area contributed by atoms with E-state index in [-0.39, 0.29) is 28.1 Å². The normalized spacial score (nSPS) is 13.6. The van der Waals surface area contributed by atoms with Gasteiger partial charge >= 0.3 is 0 Å². The maximum Gasteiger partial charge on any atom is 0.292 e. The van der Waals surface area contributed by atoms with Crippen LogP contribution in [0.4, 0.5) is 5.69 Å². The molecule has 2 atom stereocenters. The first-order chi connectivity index (χ1) is 8.97. The van der Waals surface area contributed by atoms with Gasteiger partial charge in [-0.05, 0) is 6.42 Å². The summed E-state index contributed by atoms with van der Waals surface area (Å²) < 4.78 is 12.4. The molecule has 7 heteroatoms. The maximum absolute atomic E-state index is 12.0. The van der Waals surface area contributed by atoms with Gasteiger partial charge in [0.15, 0.2) is 0 Å². The van der Waals surface area contributed by atoms with Crippen molar-refractivity contribution < 1.29 is 4.21 Å². The Balaban J connectivity index is 2.78. The number of hydrogen-bond donors (Lipinski definition) is 1. The van der Waals surface area contributed by atoms with Crippen molar-refractivity contribution in [3.05, 3.63) is 21.6 Å². The fraction of sp³-hybridized carbons (Fsp3) is 0.500. The fourth-order valence-electron chi connectivity index (χ4n) is 1.39. The highest BCUT2D eigenvalue weighted by atomic mass is 35.5. The molecule has 0 saturated carbocycles. The predicted molar refractivity (Wildman–Crippen MR) is 79.0 cm³/mol. The van der Waals surface area contributed by atoms with E-state index in [2.05, 4.69) is 16.3 Å². The minimum atomic E-state index is -0.882. The fourth-order valence-corrected chi connectivity index (χ4v) is 2.04. The summed E-state index contributed by atoms with van der Waals surface area (Å²) in [6, 6.07) is 0. The lowest BCUT2D eigenvalue weighted by molar-refractivity contribution is 0.662. The Labute approximate surface area is 119 Å². The molecule has 1 N–H and O–H groups in total. The highest BCUT2D eigenvalue weighted by molar-refractivity contribution is 7.84. The third-order valence-corrected chi connectivity index (χ3v) is 4.31. The Morgan fingerprint density at radius 1 is 1.68 bits per heavy atom. The number of anilines is 1. The van der Waals surface area contributed by atoms with E-state index < -0.39 is 10.8 Å². The predicted octanol–water partition coefficient (Wildman–Crippen LogP) is 1.10. The van der Waals surface area contributed by atoms with Gasteiger partial charge in [-0.25, -0.2) is 4.68 Å². The van der Waals surface area contributed by atoms with Crippen molar-refractivity contribution in [3.63, 3.8) is 0 Å². The van der Waals surface area contributed by atoms with Crippen molar-refractivity contribution in [1.29, 1.82) is 0 Å².